The van der Waals surface area contributed by atoms with Crippen molar-refractivity contribution in [1.29, 1.82) is 0 Å². The minimum atomic E-state index is -1.02. The summed E-state index contributed by atoms with van der Waals surface area (Å²) in [6.45, 7) is 14.7. The highest BCUT2D eigenvalue weighted by Gasteiger charge is 2.39. The minimum Gasteiger partial charge on any atom is -0.464 e. The second-order valence-corrected chi connectivity index (χ2v) is 18.1. The molecule has 4 atom stereocenters. The molecule has 3 aliphatic heterocycles. The number of methoxy groups -OCH3 is 1. The first-order valence-electron chi connectivity index (χ1n) is 20.9. The van der Waals surface area contributed by atoms with Gasteiger partial charge in [0, 0.05) is 85.8 Å². The molecule has 0 aliphatic carbocycles. The van der Waals surface area contributed by atoms with Crippen LogP contribution >= 0.6 is 11.3 Å². The molecule has 6 heterocycles. The number of hydrogen-bond donors (Lipinski definition) is 2. The number of ether oxygens (including phenoxy) is 2. The number of nitrogens with one attached hydrogen (secondary N) is 2. The van der Waals surface area contributed by atoms with Crippen LogP contribution in [0.3, 0.4) is 0 Å². The van der Waals surface area contributed by atoms with E-state index in [1.807, 2.05) is 32.2 Å². The largest absolute Gasteiger partial charge is 0.464 e. The van der Waals surface area contributed by atoms with Crippen molar-refractivity contribution >= 4 is 46.1 Å². The number of carbonyl (C=O) groups is 4. The number of rotatable bonds is 8. The summed E-state index contributed by atoms with van der Waals surface area (Å²) >= 11 is 1.43. The summed E-state index contributed by atoms with van der Waals surface area (Å²) in [5.74, 6) is -1.46. The van der Waals surface area contributed by atoms with E-state index in [1.54, 1.807) is 25.3 Å². The number of benzene rings is 1. The third-order valence-corrected chi connectivity index (χ3v) is 12.8. The molecule has 4 amide bonds. The molecule has 2 N–H and O–H groups in total. The van der Waals surface area contributed by atoms with Gasteiger partial charge >= 0.3 is 12.0 Å². The number of esters is 1. The maximum Gasteiger partial charge on any atom is 0.324 e. The molecule has 7 rings (SSSR count). The van der Waals surface area contributed by atoms with Crippen LogP contribution < -0.4 is 10.7 Å². The maximum atomic E-state index is 14.4. The van der Waals surface area contributed by atoms with Gasteiger partial charge in [-0.05, 0) is 75.3 Å². The second kappa shape index (κ2) is 17.4. The van der Waals surface area contributed by atoms with E-state index in [4.69, 9.17) is 19.4 Å². The van der Waals surface area contributed by atoms with Crippen molar-refractivity contribution in [3.05, 3.63) is 58.2 Å². The summed E-state index contributed by atoms with van der Waals surface area (Å²) < 4.78 is 14.2. The van der Waals surface area contributed by atoms with Crippen molar-refractivity contribution in [2.24, 2.45) is 11.3 Å². The Hall–Kier alpha value is -4.86. The lowest BCUT2D eigenvalue weighted by Crippen LogP contribution is -2.62. The standard InChI is InChI=1S/C44H58N8O6S/c1-9-51-35-16-15-28-21-30(35)31(39(51)29-13-10-17-45-37(29)27(4)57-8)23-44(5,6)25-58-42(55)32-14-11-20-52(48-32)41(54)33(22-36-46-34(28)24-59-36)47-40(53)38(26(2)3)49(7)43(56)50-18-12-19-50/h10,13,15-17,21,24,26-27,32-33,38,48H,9,11-12,14,18-20,22-23,25H2,1-8H3,(H,47,53)/t27-,32-,33-,38?/m0/s1. The van der Waals surface area contributed by atoms with Crippen molar-refractivity contribution in [3.8, 4) is 22.5 Å². The van der Waals surface area contributed by atoms with Gasteiger partial charge in [0.2, 0.25) is 5.91 Å². The van der Waals surface area contributed by atoms with Gasteiger partial charge in [-0.1, -0.05) is 33.8 Å². The topological polar surface area (TPSA) is 151 Å². The lowest BCUT2D eigenvalue weighted by atomic mass is 9.84. The number of amides is 4. The van der Waals surface area contributed by atoms with Crippen LogP contribution in [0.5, 0.6) is 0 Å². The zero-order valence-electron chi connectivity index (χ0n) is 35.5. The van der Waals surface area contributed by atoms with Crippen LogP contribution in [0.15, 0.2) is 41.9 Å². The van der Waals surface area contributed by atoms with Gasteiger partial charge in [-0.15, -0.1) is 11.3 Å². The van der Waals surface area contributed by atoms with Crippen LogP contribution in [0.25, 0.3) is 33.4 Å². The third kappa shape index (κ3) is 8.60. The normalized spacial score (nSPS) is 20.8. The molecule has 2 fully saturated rings. The first-order chi connectivity index (χ1) is 28.2. The van der Waals surface area contributed by atoms with Gasteiger partial charge in [-0.25, -0.2) is 15.2 Å². The molecule has 316 valence electrons. The van der Waals surface area contributed by atoms with Gasteiger partial charge in [0.05, 0.1) is 34.8 Å². The molecule has 4 aromatic rings. The Kier molecular flexibility index (Phi) is 12.5. The number of fused-ring (bicyclic) bond motifs is 6. The van der Waals surface area contributed by atoms with Gasteiger partial charge < -0.3 is 29.2 Å². The molecular weight excluding hydrogens is 769 g/mol. The lowest BCUT2D eigenvalue weighted by molar-refractivity contribution is -0.155. The van der Waals surface area contributed by atoms with E-state index in [9.17, 15) is 19.2 Å². The van der Waals surface area contributed by atoms with Gasteiger partial charge in [-0.2, -0.15) is 0 Å². The number of hydrogen-bond acceptors (Lipinski definition) is 10. The lowest BCUT2D eigenvalue weighted by Gasteiger charge is -2.39. The van der Waals surface area contributed by atoms with E-state index in [-0.39, 0.29) is 37.0 Å². The number of pyridine rings is 1. The molecule has 6 bridgehead atoms. The monoisotopic (exact) mass is 826 g/mol. The molecule has 3 aromatic heterocycles. The maximum absolute atomic E-state index is 14.4. The molecule has 0 spiro atoms. The van der Waals surface area contributed by atoms with E-state index in [1.165, 1.54) is 21.2 Å². The molecule has 0 radical (unpaired) electrons. The molecule has 3 aliphatic rings. The van der Waals surface area contributed by atoms with Crippen molar-refractivity contribution < 1.29 is 28.7 Å². The Morgan fingerprint density at radius 3 is 2.61 bits per heavy atom. The highest BCUT2D eigenvalue weighted by Crippen LogP contribution is 2.42. The first kappa shape index (κ1) is 42.3. The highest BCUT2D eigenvalue weighted by molar-refractivity contribution is 7.10. The van der Waals surface area contributed by atoms with Gasteiger partial charge in [0.25, 0.3) is 5.91 Å². The van der Waals surface area contributed by atoms with Crippen molar-refractivity contribution in [3.63, 3.8) is 0 Å². The van der Waals surface area contributed by atoms with Crippen LogP contribution in [-0.4, -0.2) is 112 Å². The average Bonchev–Trinajstić information content (AvgIpc) is 3.79. The Balaban J connectivity index is 1.31. The molecule has 14 nitrogen and oxygen atoms in total. The average molecular weight is 827 g/mol. The highest BCUT2D eigenvalue weighted by atomic mass is 32.1. The number of thiazole rings is 1. The first-order valence-corrected chi connectivity index (χ1v) is 21.7. The van der Waals surface area contributed by atoms with E-state index in [2.05, 4.69) is 60.3 Å². The van der Waals surface area contributed by atoms with Crippen LogP contribution in [-0.2, 0) is 43.2 Å². The number of aryl methyl sites for hydroxylation is 1. The number of likely N-dealkylation sites (N-methyl/N-ethyl adjacent to an activating group) is 1. The number of aromatic nitrogens is 3. The molecule has 1 aromatic carbocycles. The fourth-order valence-electron chi connectivity index (χ4n) is 8.60. The number of carbonyl (C=O) groups excluding carboxylic acids is 4. The van der Waals surface area contributed by atoms with Gasteiger partial charge in [0.15, 0.2) is 0 Å². The zero-order valence-corrected chi connectivity index (χ0v) is 36.4. The van der Waals surface area contributed by atoms with E-state index >= 15 is 0 Å². The number of nitrogens with zero attached hydrogens (tertiary/aromatic N) is 6. The van der Waals surface area contributed by atoms with Gasteiger partial charge in [-0.3, -0.25) is 24.4 Å². The molecule has 0 saturated carbocycles. The summed E-state index contributed by atoms with van der Waals surface area (Å²) in [5.41, 5.74) is 9.41. The SMILES string of the molecule is CCn1c(-c2cccnc2[C@H](C)OC)c2c3cc(ccc31)-c1csc(n1)C[C@H](NC(=O)C(C(C)C)N(C)C(=O)N1CCC1)C(=O)N1CCC[C@H](N1)C(=O)OCC(C)(C)C2. The summed E-state index contributed by atoms with van der Waals surface area (Å²) in [4.78, 5) is 68.7. The summed E-state index contributed by atoms with van der Waals surface area (Å²) in [6, 6.07) is 7.67. The fourth-order valence-corrected chi connectivity index (χ4v) is 9.45. The Bertz CT molecular complexity index is 2210. The summed E-state index contributed by atoms with van der Waals surface area (Å²) in [5, 5.41) is 8.19. The number of hydrazine groups is 1. The number of urea groups is 1. The molecule has 59 heavy (non-hydrogen) atoms. The smallest absolute Gasteiger partial charge is 0.324 e. The zero-order chi connectivity index (χ0) is 42.2. The fraction of sp³-hybridized carbons (Fsp3) is 0.545. The summed E-state index contributed by atoms with van der Waals surface area (Å²) in [7, 11) is 3.33. The van der Waals surface area contributed by atoms with Crippen LogP contribution in [0.2, 0.25) is 0 Å². The summed E-state index contributed by atoms with van der Waals surface area (Å²) in [6.07, 6.45) is 4.27. The molecule has 2 saturated heterocycles. The Morgan fingerprint density at radius 2 is 1.92 bits per heavy atom. The van der Waals surface area contributed by atoms with Crippen LogP contribution in [0.4, 0.5) is 4.79 Å². The van der Waals surface area contributed by atoms with E-state index in [0.29, 0.717) is 50.4 Å². The predicted octanol–water partition coefficient (Wildman–Crippen LogP) is 5.98. The Labute approximate surface area is 350 Å². The predicted molar refractivity (Wildman–Crippen MR) is 227 cm³/mol. The second-order valence-electron chi connectivity index (χ2n) is 17.2. The van der Waals surface area contributed by atoms with Crippen molar-refractivity contribution in [1.82, 2.24) is 40.1 Å². The molecule has 15 heteroatoms. The van der Waals surface area contributed by atoms with Crippen LogP contribution in [0, 0.1) is 11.3 Å². The van der Waals surface area contributed by atoms with E-state index in [0.717, 1.165) is 51.1 Å². The molecular formula is C44H58N8O6S. The van der Waals surface area contributed by atoms with Crippen LogP contribution in [0.1, 0.15) is 83.2 Å². The molecule has 1 unspecified atom stereocenters. The number of likely N-dealkylation sites (tertiary alicyclic amines) is 1. The van der Waals surface area contributed by atoms with Crippen molar-refractivity contribution in [2.45, 2.75) is 104 Å². The van der Waals surface area contributed by atoms with E-state index < -0.39 is 35.4 Å². The number of cyclic esters (lactones) is 1. The quantitative estimate of drug-likeness (QED) is 0.205. The Morgan fingerprint density at radius 1 is 1.14 bits per heavy atom. The third-order valence-electron chi connectivity index (χ3n) is 11.9. The van der Waals surface area contributed by atoms with Gasteiger partial charge in [0.1, 0.15) is 18.1 Å². The minimum absolute atomic E-state index is 0.122. The van der Waals surface area contributed by atoms with Crippen molar-refractivity contribution in [2.75, 3.05) is 40.4 Å².